The van der Waals surface area contributed by atoms with Crippen LogP contribution in [0.5, 0.6) is 0 Å². The Labute approximate surface area is 114 Å². The van der Waals surface area contributed by atoms with Crippen LogP contribution < -0.4 is 15.5 Å². The zero-order valence-electron chi connectivity index (χ0n) is 11.4. The standard InChI is InChI=1S/C15H21N3O/c1-11-9-18(10-15(19)17-13-6-7-13)14-5-3-2-4-12(14)8-16-11/h2-5,11,13,16H,6-10H2,1H3,(H,17,19). The van der Waals surface area contributed by atoms with Crippen molar-refractivity contribution in [3.63, 3.8) is 0 Å². The van der Waals surface area contributed by atoms with Crippen molar-refractivity contribution in [1.82, 2.24) is 10.6 Å². The molecule has 1 heterocycles. The number of rotatable bonds is 3. The summed E-state index contributed by atoms with van der Waals surface area (Å²) < 4.78 is 0. The van der Waals surface area contributed by atoms with Crippen molar-refractivity contribution in [3.05, 3.63) is 29.8 Å². The van der Waals surface area contributed by atoms with Gasteiger partial charge in [-0.1, -0.05) is 18.2 Å². The predicted molar refractivity (Wildman–Crippen MR) is 76.1 cm³/mol. The number of carbonyl (C=O) groups excluding carboxylic acids is 1. The fourth-order valence-electron chi connectivity index (χ4n) is 2.57. The fourth-order valence-corrected chi connectivity index (χ4v) is 2.57. The highest BCUT2D eigenvalue weighted by molar-refractivity contribution is 5.82. The molecule has 1 aliphatic carbocycles. The van der Waals surface area contributed by atoms with Crippen LogP contribution in [-0.2, 0) is 11.3 Å². The molecule has 0 bridgehead atoms. The van der Waals surface area contributed by atoms with Crippen molar-refractivity contribution < 1.29 is 4.79 Å². The summed E-state index contributed by atoms with van der Waals surface area (Å²) in [6.45, 7) is 4.37. The first-order valence-corrected chi connectivity index (χ1v) is 7.08. The largest absolute Gasteiger partial charge is 0.360 e. The minimum Gasteiger partial charge on any atom is -0.360 e. The lowest BCUT2D eigenvalue weighted by Gasteiger charge is -2.25. The maximum absolute atomic E-state index is 12.0. The Kier molecular flexibility index (Phi) is 3.42. The lowest BCUT2D eigenvalue weighted by molar-refractivity contribution is -0.119. The normalized spacial score (nSPS) is 22.6. The van der Waals surface area contributed by atoms with Crippen LogP contribution in [0.2, 0.25) is 0 Å². The molecule has 1 atom stereocenters. The summed E-state index contributed by atoms with van der Waals surface area (Å²) in [5, 5.41) is 6.55. The number of hydrogen-bond acceptors (Lipinski definition) is 3. The van der Waals surface area contributed by atoms with Gasteiger partial charge in [0.2, 0.25) is 5.91 Å². The second-order valence-electron chi connectivity index (χ2n) is 5.63. The molecule has 0 aromatic heterocycles. The van der Waals surface area contributed by atoms with E-state index >= 15 is 0 Å². The smallest absolute Gasteiger partial charge is 0.239 e. The monoisotopic (exact) mass is 259 g/mol. The van der Waals surface area contributed by atoms with Crippen LogP contribution >= 0.6 is 0 Å². The van der Waals surface area contributed by atoms with Gasteiger partial charge in [0, 0.05) is 30.9 Å². The first kappa shape index (κ1) is 12.5. The topological polar surface area (TPSA) is 44.4 Å². The Bertz CT molecular complexity index is 470. The zero-order chi connectivity index (χ0) is 13.2. The van der Waals surface area contributed by atoms with Gasteiger partial charge >= 0.3 is 0 Å². The summed E-state index contributed by atoms with van der Waals surface area (Å²) >= 11 is 0. The van der Waals surface area contributed by atoms with E-state index in [0.29, 0.717) is 18.6 Å². The zero-order valence-corrected chi connectivity index (χ0v) is 11.4. The van der Waals surface area contributed by atoms with Crippen molar-refractivity contribution in [2.24, 2.45) is 0 Å². The number of fused-ring (bicyclic) bond motifs is 1. The lowest BCUT2D eigenvalue weighted by Crippen LogP contribution is -2.42. The third kappa shape index (κ3) is 3.07. The number of amides is 1. The van der Waals surface area contributed by atoms with E-state index in [-0.39, 0.29) is 5.91 Å². The van der Waals surface area contributed by atoms with Gasteiger partial charge in [0.25, 0.3) is 0 Å². The van der Waals surface area contributed by atoms with Gasteiger partial charge in [-0.2, -0.15) is 0 Å². The van der Waals surface area contributed by atoms with E-state index in [4.69, 9.17) is 0 Å². The van der Waals surface area contributed by atoms with Crippen LogP contribution in [0.1, 0.15) is 25.3 Å². The van der Waals surface area contributed by atoms with Gasteiger partial charge in [-0.25, -0.2) is 0 Å². The number of hydrogen-bond donors (Lipinski definition) is 2. The molecule has 1 unspecified atom stereocenters. The summed E-state index contributed by atoms with van der Waals surface area (Å²) in [6, 6.07) is 9.16. The van der Waals surface area contributed by atoms with Gasteiger partial charge in [0.05, 0.1) is 6.54 Å². The van der Waals surface area contributed by atoms with Crippen molar-refractivity contribution in [3.8, 4) is 0 Å². The van der Waals surface area contributed by atoms with Gasteiger partial charge in [0.1, 0.15) is 0 Å². The van der Waals surface area contributed by atoms with Crippen molar-refractivity contribution in [2.75, 3.05) is 18.0 Å². The molecule has 4 nitrogen and oxygen atoms in total. The average Bonchev–Trinajstić information content (AvgIpc) is 3.20. The summed E-state index contributed by atoms with van der Waals surface area (Å²) in [5.74, 6) is 0.145. The van der Waals surface area contributed by atoms with Crippen LogP contribution in [0.4, 0.5) is 5.69 Å². The average molecular weight is 259 g/mol. The van der Waals surface area contributed by atoms with Gasteiger partial charge in [0.15, 0.2) is 0 Å². The molecule has 4 heteroatoms. The molecular formula is C15H21N3O. The highest BCUT2D eigenvalue weighted by atomic mass is 16.2. The molecule has 0 spiro atoms. The predicted octanol–water partition coefficient (Wildman–Crippen LogP) is 1.26. The molecule has 1 saturated carbocycles. The molecule has 3 rings (SSSR count). The second-order valence-corrected chi connectivity index (χ2v) is 5.63. The summed E-state index contributed by atoms with van der Waals surface area (Å²) in [4.78, 5) is 14.2. The third-order valence-corrected chi connectivity index (χ3v) is 3.74. The van der Waals surface area contributed by atoms with E-state index in [1.165, 1.54) is 11.3 Å². The van der Waals surface area contributed by atoms with E-state index < -0.39 is 0 Å². The van der Waals surface area contributed by atoms with Crippen molar-refractivity contribution in [2.45, 2.75) is 38.4 Å². The fraction of sp³-hybridized carbons (Fsp3) is 0.533. The van der Waals surface area contributed by atoms with E-state index in [1.807, 2.05) is 6.07 Å². The van der Waals surface area contributed by atoms with Crippen molar-refractivity contribution in [1.29, 1.82) is 0 Å². The summed E-state index contributed by atoms with van der Waals surface area (Å²) in [5.41, 5.74) is 2.45. The number of carbonyl (C=O) groups is 1. The second kappa shape index (κ2) is 5.21. The summed E-state index contributed by atoms with van der Waals surface area (Å²) in [6.07, 6.45) is 2.28. The third-order valence-electron chi connectivity index (χ3n) is 3.74. The number of para-hydroxylation sites is 1. The Balaban J connectivity index is 1.75. The van der Waals surface area contributed by atoms with Crippen molar-refractivity contribution >= 4 is 11.6 Å². The molecule has 1 aromatic carbocycles. The highest BCUT2D eigenvalue weighted by Crippen LogP contribution is 2.23. The molecule has 0 saturated heterocycles. The highest BCUT2D eigenvalue weighted by Gasteiger charge is 2.25. The van der Waals surface area contributed by atoms with Crippen LogP contribution in [0.25, 0.3) is 0 Å². The molecular weight excluding hydrogens is 238 g/mol. The Morgan fingerprint density at radius 2 is 2.21 bits per heavy atom. The number of benzene rings is 1. The molecule has 2 aliphatic rings. The summed E-state index contributed by atoms with van der Waals surface area (Å²) in [7, 11) is 0. The van der Waals surface area contributed by atoms with Gasteiger partial charge in [-0.15, -0.1) is 0 Å². The van der Waals surface area contributed by atoms with Gasteiger partial charge in [-0.3, -0.25) is 4.79 Å². The quantitative estimate of drug-likeness (QED) is 0.859. The molecule has 102 valence electrons. The molecule has 1 fully saturated rings. The van der Waals surface area contributed by atoms with Crippen LogP contribution in [-0.4, -0.2) is 31.1 Å². The SMILES string of the molecule is CC1CN(CC(=O)NC2CC2)c2ccccc2CN1. The molecule has 0 radical (unpaired) electrons. The number of nitrogens with zero attached hydrogens (tertiary/aromatic N) is 1. The van der Waals surface area contributed by atoms with E-state index in [1.54, 1.807) is 0 Å². The minimum atomic E-state index is 0.145. The number of anilines is 1. The van der Waals surface area contributed by atoms with Crippen LogP contribution in [0.3, 0.4) is 0 Å². The minimum absolute atomic E-state index is 0.145. The number of nitrogens with one attached hydrogen (secondary N) is 2. The van der Waals surface area contributed by atoms with E-state index in [0.717, 1.165) is 25.9 Å². The Hall–Kier alpha value is -1.55. The molecule has 2 N–H and O–H groups in total. The Morgan fingerprint density at radius 3 is 3.00 bits per heavy atom. The van der Waals surface area contributed by atoms with Crippen LogP contribution in [0, 0.1) is 0 Å². The molecule has 1 aromatic rings. The molecule has 19 heavy (non-hydrogen) atoms. The van der Waals surface area contributed by atoms with Gasteiger partial charge in [-0.05, 0) is 31.4 Å². The first-order chi connectivity index (χ1) is 9.22. The maximum Gasteiger partial charge on any atom is 0.239 e. The molecule has 1 aliphatic heterocycles. The van der Waals surface area contributed by atoms with Crippen LogP contribution in [0.15, 0.2) is 24.3 Å². The lowest BCUT2D eigenvalue weighted by atomic mass is 10.1. The Morgan fingerprint density at radius 1 is 1.42 bits per heavy atom. The first-order valence-electron chi connectivity index (χ1n) is 7.08. The molecule has 1 amide bonds. The van der Waals surface area contributed by atoms with Gasteiger partial charge < -0.3 is 15.5 Å². The van der Waals surface area contributed by atoms with E-state index in [2.05, 4.69) is 40.7 Å². The van der Waals surface area contributed by atoms with E-state index in [9.17, 15) is 4.79 Å². The maximum atomic E-state index is 12.0.